The van der Waals surface area contributed by atoms with Gasteiger partial charge in [-0.1, -0.05) is 18.2 Å². The first-order valence-electron chi connectivity index (χ1n) is 5.19. The number of nitrogens with one attached hydrogen (secondary N) is 1. The number of amides is 1. The highest BCUT2D eigenvalue weighted by Crippen LogP contribution is 2.18. The number of carbonyl (C=O) groups is 1. The number of ether oxygens (including phenoxy) is 1. The van der Waals surface area contributed by atoms with Crippen LogP contribution in [0.1, 0.15) is 5.56 Å². The summed E-state index contributed by atoms with van der Waals surface area (Å²) in [6.45, 7) is 0.913. The van der Waals surface area contributed by atoms with Crippen molar-refractivity contribution in [2.75, 3.05) is 27.7 Å². The highest BCUT2D eigenvalue weighted by atomic mass is 35.5. The SMILES string of the molecule is CNCC(=O)N(C)Cc1ccccc1OC.Cl. The van der Waals surface area contributed by atoms with Gasteiger partial charge in [-0.25, -0.2) is 0 Å². The fourth-order valence-corrected chi connectivity index (χ4v) is 1.46. The number of carbonyl (C=O) groups excluding carboxylic acids is 1. The van der Waals surface area contributed by atoms with E-state index in [4.69, 9.17) is 4.74 Å². The molecule has 17 heavy (non-hydrogen) atoms. The van der Waals surface area contributed by atoms with Gasteiger partial charge in [0.15, 0.2) is 0 Å². The Balaban J connectivity index is 0.00000256. The molecule has 0 spiro atoms. The van der Waals surface area contributed by atoms with Gasteiger partial charge in [0.25, 0.3) is 0 Å². The highest BCUT2D eigenvalue weighted by Gasteiger charge is 2.10. The molecule has 0 bridgehead atoms. The first kappa shape index (κ1) is 15.7. The Morgan fingerprint density at radius 3 is 2.65 bits per heavy atom. The minimum Gasteiger partial charge on any atom is -0.496 e. The second-order valence-electron chi connectivity index (χ2n) is 3.59. The Labute approximate surface area is 108 Å². The van der Waals surface area contributed by atoms with E-state index in [-0.39, 0.29) is 18.3 Å². The van der Waals surface area contributed by atoms with Crippen molar-refractivity contribution >= 4 is 18.3 Å². The lowest BCUT2D eigenvalue weighted by molar-refractivity contribution is -0.129. The van der Waals surface area contributed by atoms with Gasteiger partial charge in [0.2, 0.25) is 5.91 Å². The van der Waals surface area contributed by atoms with E-state index < -0.39 is 0 Å². The van der Waals surface area contributed by atoms with E-state index in [9.17, 15) is 4.79 Å². The lowest BCUT2D eigenvalue weighted by Gasteiger charge is -2.18. The smallest absolute Gasteiger partial charge is 0.236 e. The standard InChI is InChI=1S/C12H18N2O2.ClH/c1-13-8-12(15)14(2)9-10-6-4-5-7-11(10)16-3;/h4-7,13H,8-9H2,1-3H3;1H. The van der Waals surface area contributed by atoms with Gasteiger partial charge in [-0.15, -0.1) is 12.4 Å². The predicted octanol–water partition coefficient (Wildman–Crippen LogP) is 1.29. The van der Waals surface area contributed by atoms with E-state index in [0.717, 1.165) is 11.3 Å². The van der Waals surface area contributed by atoms with Crippen molar-refractivity contribution in [2.45, 2.75) is 6.54 Å². The van der Waals surface area contributed by atoms with Gasteiger partial charge in [0, 0.05) is 19.2 Å². The summed E-state index contributed by atoms with van der Waals surface area (Å²) in [5.41, 5.74) is 1.01. The van der Waals surface area contributed by atoms with Gasteiger partial charge < -0.3 is 15.0 Å². The molecule has 0 aliphatic rings. The molecule has 0 saturated heterocycles. The zero-order valence-electron chi connectivity index (χ0n) is 10.4. The molecule has 0 atom stereocenters. The molecule has 0 unspecified atom stereocenters. The zero-order valence-corrected chi connectivity index (χ0v) is 11.2. The van der Waals surface area contributed by atoms with Crippen LogP contribution in [0.4, 0.5) is 0 Å². The monoisotopic (exact) mass is 258 g/mol. The van der Waals surface area contributed by atoms with Crippen molar-refractivity contribution in [2.24, 2.45) is 0 Å². The van der Waals surface area contributed by atoms with Crippen LogP contribution in [0.5, 0.6) is 5.75 Å². The van der Waals surface area contributed by atoms with Crippen LogP contribution in [-0.2, 0) is 11.3 Å². The summed E-state index contributed by atoms with van der Waals surface area (Å²) >= 11 is 0. The molecular weight excluding hydrogens is 240 g/mol. The first-order valence-corrected chi connectivity index (χ1v) is 5.19. The van der Waals surface area contributed by atoms with Crippen molar-refractivity contribution in [3.05, 3.63) is 29.8 Å². The Bertz CT molecular complexity index is 358. The lowest BCUT2D eigenvalue weighted by atomic mass is 10.2. The van der Waals surface area contributed by atoms with Crippen molar-refractivity contribution < 1.29 is 9.53 Å². The Morgan fingerprint density at radius 1 is 1.41 bits per heavy atom. The fourth-order valence-electron chi connectivity index (χ4n) is 1.46. The average Bonchev–Trinajstić information content (AvgIpc) is 2.30. The maximum Gasteiger partial charge on any atom is 0.236 e. The summed E-state index contributed by atoms with van der Waals surface area (Å²) < 4.78 is 5.23. The van der Waals surface area contributed by atoms with E-state index >= 15 is 0 Å². The van der Waals surface area contributed by atoms with Gasteiger partial charge in [-0.3, -0.25) is 4.79 Å². The number of halogens is 1. The molecule has 0 fully saturated rings. The molecule has 0 aliphatic carbocycles. The molecule has 4 nitrogen and oxygen atoms in total. The van der Waals surface area contributed by atoms with E-state index in [1.54, 1.807) is 26.1 Å². The molecule has 1 aromatic rings. The number of nitrogens with zero attached hydrogens (tertiary/aromatic N) is 1. The molecular formula is C12H19ClN2O2. The van der Waals surface area contributed by atoms with Crippen LogP contribution in [-0.4, -0.2) is 38.6 Å². The van der Waals surface area contributed by atoms with Crippen molar-refractivity contribution in [1.29, 1.82) is 0 Å². The van der Waals surface area contributed by atoms with Crippen LogP contribution in [0.3, 0.4) is 0 Å². The van der Waals surface area contributed by atoms with Gasteiger partial charge >= 0.3 is 0 Å². The van der Waals surface area contributed by atoms with Crippen molar-refractivity contribution in [3.63, 3.8) is 0 Å². The van der Waals surface area contributed by atoms with Gasteiger partial charge in [-0.05, 0) is 13.1 Å². The summed E-state index contributed by atoms with van der Waals surface area (Å²) in [5, 5.41) is 2.84. The van der Waals surface area contributed by atoms with E-state index in [1.807, 2.05) is 24.3 Å². The van der Waals surface area contributed by atoms with Crippen LogP contribution < -0.4 is 10.1 Å². The molecule has 0 heterocycles. The molecule has 96 valence electrons. The van der Waals surface area contributed by atoms with Crippen LogP contribution in [0.15, 0.2) is 24.3 Å². The molecule has 0 radical (unpaired) electrons. The average molecular weight is 259 g/mol. The molecule has 1 rings (SSSR count). The molecule has 1 N–H and O–H groups in total. The Kier molecular flexibility index (Phi) is 7.34. The lowest BCUT2D eigenvalue weighted by Crippen LogP contribution is -2.33. The second kappa shape index (κ2) is 7.92. The summed E-state index contributed by atoms with van der Waals surface area (Å²) in [7, 11) is 5.18. The van der Waals surface area contributed by atoms with E-state index in [1.165, 1.54) is 0 Å². The van der Waals surface area contributed by atoms with Crippen LogP contribution >= 0.6 is 12.4 Å². The molecule has 0 aromatic heterocycles. The van der Waals surface area contributed by atoms with Crippen LogP contribution in [0.25, 0.3) is 0 Å². The maximum atomic E-state index is 11.6. The molecule has 1 aromatic carbocycles. The number of hydrogen-bond acceptors (Lipinski definition) is 3. The molecule has 5 heteroatoms. The third-order valence-electron chi connectivity index (χ3n) is 2.35. The first-order chi connectivity index (χ1) is 7.69. The minimum atomic E-state index is 0. The molecule has 0 saturated carbocycles. The quantitative estimate of drug-likeness (QED) is 0.866. The normalized spacial score (nSPS) is 9.35. The number of hydrogen-bond donors (Lipinski definition) is 1. The Morgan fingerprint density at radius 2 is 2.06 bits per heavy atom. The zero-order chi connectivity index (χ0) is 12.0. The van der Waals surface area contributed by atoms with Crippen molar-refractivity contribution in [3.8, 4) is 5.75 Å². The maximum absolute atomic E-state index is 11.6. The number of benzene rings is 1. The number of likely N-dealkylation sites (N-methyl/N-ethyl adjacent to an activating group) is 2. The highest BCUT2D eigenvalue weighted by molar-refractivity contribution is 5.85. The topological polar surface area (TPSA) is 41.6 Å². The summed E-state index contributed by atoms with van der Waals surface area (Å²) in [5.74, 6) is 0.875. The van der Waals surface area contributed by atoms with Crippen molar-refractivity contribution in [1.82, 2.24) is 10.2 Å². The van der Waals surface area contributed by atoms with Gasteiger partial charge in [-0.2, -0.15) is 0 Å². The number of methoxy groups -OCH3 is 1. The van der Waals surface area contributed by atoms with E-state index in [2.05, 4.69) is 5.32 Å². The minimum absolute atomic E-state index is 0. The van der Waals surface area contributed by atoms with Crippen LogP contribution in [0, 0.1) is 0 Å². The Hall–Kier alpha value is -1.26. The fraction of sp³-hybridized carbons (Fsp3) is 0.417. The largest absolute Gasteiger partial charge is 0.496 e. The predicted molar refractivity (Wildman–Crippen MR) is 70.6 cm³/mol. The number of rotatable bonds is 5. The van der Waals surface area contributed by atoms with Gasteiger partial charge in [0.05, 0.1) is 13.7 Å². The van der Waals surface area contributed by atoms with Crippen LogP contribution in [0.2, 0.25) is 0 Å². The van der Waals surface area contributed by atoms with Gasteiger partial charge in [0.1, 0.15) is 5.75 Å². The molecule has 0 aliphatic heterocycles. The van der Waals surface area contributed by atoms with E-state index in [0.29, 0.717) is 13.1 Å². The third-order valence-corrected chi connectivity index (χ3v) is 2.35. The summed E-state index contributed by atoms with van der Waals surface area (Å²) in [6.07, 6.45) is 0. The number of para-hydroxylation sites is 1. The summed E-state index contributed by atoms with van der Waals surface area (Å²) in [4.78, 5) is 13.2. The third kappa shape index (κ3) is 4.63. The summed E-state index contributed by atoms with van der Waals surface area (Å²) in [6, 6.07) is 7.71. The second-order valence-corrected chi connectivity index (χ2v) is 3.59. The molecule has 1 amide bonds.